The fraction of sp³-hybridized carbons (Fsp3) is 0.120. The van der Waals surface area contributed by atoms with Crippen molar-refractivity contribution in [3.63, 3.8) is 0 Å². The topological polar surface area (TPSA) is 73.1 Å². The number of rotatable bonds is 8. The molecule has 168 valence electrons. The van der Waals surface area contributed by atoms with Gasteiger partial charge in [0.1, 0.15) is 18.0 Å². The molecule has 0 spiro atoms. The van der Waals surface area contributed by atoms with E-state index in [1.165, 1.54) is 12.3 Å². The fourth-order valence-electron chi connectivity index (χ4n) is 3.15. The summed E-state index contributed by atoms with van der Waals surface area (Å²) in [5.74, 6) is -0.0196. The molecule has 0 saturated heterocycles. The molecule has 4 rings (SSSR count). The number of para-hydroxylation sites is 1. The van der Waals surface area contributed by atoms with Crippen LogP contribution < -0.4 is 14.9 Å². The van der Waals surface area contributed by atoms with Crippen LogP contribution in [0.5, 0.6) is 11.5 Å². The van der Waals surface area contributed by atoms with Crippen molar-refractivity contribution in [1.82, 2.24) is 5.43 Å². The molecule has 0 atom stereocenters. The van der Waals surface area contributed by atoms with Crippen molar-refractivity contribution in [3.05, 3.63) is 94.5 Å². The van der Waals surface area contributed by atoms with Crippen molar-refractivity contribution in [1.29, 1.82) is 0 Å². The van der Waals surface area contributed by atoms with Gasteiger partial charge in [0.15, 0.2) is 17.3 Å². The standard InChI is InChI=1S/C25H20ClFN2O4/c1-2-31-22-12-16(11-19(26)24(22)32-15-18-8-3-5-9-20(18)27)14-28-29-25(30)23-13-17-7-4-6-10-21(17)33-23/h3-14H,2,15H2,1H3,(H,29,30)/b28-14+. The molecule has 8 heteroatoms. The van der Waals surface area contributed by atoms with Gasteiger partial charge in [0, 0.05) is 10.9 Å². The number of nitrogens with one attached hydrogen (secondary N) is 1. The Bertz CT molecular complexity index is 1290. The second kappa shape index (κ2) is 10.2. The number of hydrogen-bond acceptors (Lipinski definition) is 5. The lowest BCUT2D eigenvalue weighted by Gasteiger charge is -2.14. The normalized spacial score (nSPS) is 11.1. The van der Waals surface area contributed by atoms with E-state index in [0.717, 1.165) is 5.39 Å². The van der Waals surface area contributed by atoms with Gasteiger partial charge in [-0.1, -0.05) is 48.0 Å². The van der Waals surface area contributed by atoms with Crippen LogP contribution in [-0.2, 0) is 6.61 Å². The Labute approximate surface area is 194 Å². The molecule has 1 amide bonds. The van der Waals surface area contributed by atoms with E-state index in [9.17, 15) is 9.18 Å². The number of halogens is 2. The zero-order valence-electron chi connectivity index (χ0n) is 17.7. The van der Waals surface area contributed by atoms with Gasteiger partial charge in [-0.3, -0.25) is 4.79 Å². The van der Waals surface area contributed by atoms with Crippen molar-refractivity contribution in [2.24, 2.45) is 5.10 Å². The average Bonchev–Trinajstić information content (AvgIpc) is 3.24. The van der Waals surface area contributed by atoms with Crippen molar-refractivity contribution >= 4 is 34.7 Å². The summed E-state index contributed by atoms with van der Waals surface area (Å²) in [4.78, 5) is 12.3. The number of hydrazone groups is 1. The summed E-state index contributed by atoms with van der Waals surface area (Å²) in [6.07, 6.45) is 1.43. The van der Waals surface area contributed by atoms with E-state index in [0.29, 0.717) is 34.8 Å². The van der Waals surface area contributed by atoms with Gasteiger partial charge in [-0.05, 0) is 42.8 Å². The zero-order valence-corrected chi connectivity index (χ0v) is 18.4. The molecule has 1 aromatic heterocycles. The molecular weight excluding hydrogens is 447 g/mol. The van der Waals surface area contributed by atoms with Crippen LogP contribution in [0, 0.1) is 5.82 Å². The van der Waals surface area contributed by atoms with Gasteiger partial charge in [-0.25, -0.2) is 9.82 Å². The molecule has 1 N–H and O–H groups in total. The lowest BCUT2D eigenvalue weighted by atomic mass is 10.2. The first-order valence-corrected chi connectivity index (χ1v) is 10.6. The first-order chi connectivity index (χ1) is 16.0. The number of ether oxygens (including phenoxy) is 2. The van der Waals surface area contributed by atoms with Crippen LogP contribution in [0.2, 0.25) is 5.02 Å². The zero-order chi connectivity index (χ0) is 23.2. The highest BCUT2D eigenvalue weighted by atomic mass is 35.5. The Kier molecular flexibility index (Phi) is 6.90. The SMILES string of the molecule is CCOc1cc(/C=N/NC(=O)c2cc3ccccc3o2)cc(Cl)c1OCc1ccccc1F. The van der Waals surface area contributed by atoms with Crippen LogP contribution in [0.3, 0.4) is 0 Å². The predicted octanol–water partition coefficient (Wildman–Crippen LogP) is 5.97. The van der Waals surface area contributed by atoms with Crippen LogP contribution >= 0.6 is 11.6 Å². The van der Waals surface area contributed by atoms with Gasteiger partial charge in [0.05, 0.1) is 17.8 Å². The summed E-state index contributed by atoms with van der Waals surface area (Å²) in [6.45, 7) is 2.19. The molecule has 0 aliphatic rings. The Balaban J connectivity index is 1.47. The lowest BCUT2D eigenvalue weighted by Crippen LogP contribution is -2.16. The molecule has 0 aliphatic heterocycles. The number of furan rings is 1. The summed E-state index contributed by atoms with van der Waals surface area (Å²) in [5, 5.41) is 5.07. The van der Waals surface area contributed by atoms with Crippen molar-refractivity contribution in [2.75, 3.05) is 6.61 Å². The van der Waals surface area contributed by atoms with E-state index < -0.39 is 5.91 Å². The minimum absolute atomic E-state index is 0.00649. The Morgan fingerprint density at radius 2 is 1.91 bits per heavy atom. The second-order valence-corrected chi connectivity index (χ2v) is 7.40. The van der Waals surface area contributed by atoms with Gasteiger partial charge in [-0.15, -0.1) is 0 Å². The Morgan fingerprint density at radius 1 is 1.12 bits per heavy atom. The summed E-state index contributed by atoms with van der Waals surface area (Å²) in [5.41, 5.74) is 4.02. The number of hydrogen-bond donors (Lipinski definition) is 1. The van der Waals surface area contributed by atoms with Crippen molar-refractivity contribution in [3.8, 4) is 11.5 Å². The van der Waals surface area contributed by atoms with E-state index in [1.54, 1.807) is 42.5 Å². The van der Waals surface area contributed by atoms with Gasteiger partial charge < -0.3 is 13.9 Å². The molecule has 0 aliphatic carbocycles. The van der Waals surface area contributed by atoms with Crippen LogP contribution in [0.25, 0.3) is 11.0 Å². The third kappa shape index (κ3) is 5.32. The maximum atomic E-state index is 13.9. The maximum Gasteiger partial charge on any atom is 0.307 e. The summed E-state index contributed by atoms with van der Waals surface area (Å²) >= 11 is 6.40. The lowest BCUT2D eigenvalue weighted by molar-refractivity contribution is 0.0929. The number of carbonyl (C=O) groups excluding carboxylic acids is 1. The third-order valence-electron chi connectivity index (χ3n) is 4.69. The van der Waals surface area contributed by atoms with E-state index in [2.05, 4.69) is 10.5 Å². The molecule has 3 aromatic carbocycles. The molecule has 0 bridgehead atoms. The summed E-state index contributed by atoms with van der Waals surface area (Å²) in [6, 6.07) is 18.6. The minimum Gasteiger partial charge on any atom is -0.490 e. The van der Waals surface area contributed by atoms with E-state index in [4.69, 9.17) is 25.5 Å². The van der Waals surface area contributed by atoms with E-state index in [-0.39, 0.29) is 23.2 Å². The van der Waals surface area contributed by atoms with Gasteiger partial charge >= 0.3 is 5.91 Å². The monoisotopic (exact) mass is 466 g/mol. The van der Waals surface area contributed by atoms with E-state index >= 15 is 0 Å². The van der Waals surface area contributed by atoms with Gasteiger partial charge in [0.2, 0.25) is 0 Å². The smallest absolute Gasteiger partial charge is 0.307 e. The highest BCUT2D eigenvalue weighted by Crippen LogP contribution is 2.37. The maximum absolute atomic E-state index is 13.9. The Hall–Kier alpha value is -3.84. The number of amides is 1. The molecule has 0 unspecified atom stereocenters. The van der Waals surface area contributed by atoms with Crippen LogP contribution in [0.1, 0.15) is 28.6 Å². The molecule has 6 nitrogen and oxygen atoms in total. The predicted molar refractivity (Wildman–Crippen MR) is 125 cm³/mol. The molecule has 0 saturated carbocycles. The van der Waals surface area contributed by atoms with E-state index in [1.807, 2.05) is 25.1 Å². The number of nitrogens with zero attached hydrogens (tertiary/aromatic N) is 1. The quantitative estimate of drug-likeness (QED) is 0.256. The van der Waals surface area contributed by atoms with Crippen LogP contribution in [0.15, 0.2) is 76.2 Å². The van der Waals surface area contributed by atoms with Crippen LogP contribution in [0.4, 0.5) is 4.39 Å². The van der Waals surface area contributed by atoms with Crippen LogP contribution in [-0.4, -0.2) is 18.7 Å². The number of fused-ring (bicyclic) bond motifs is 1. The first-order valence-electron chi connectivity index (χ1n) is 10.2. The number of carbonyl (C=O) groups is 1. The molecule has 1 heterocycles. The molecule has 0 radical (unpaired) electrons. The molecular formula is C25H20ClFN2O4. The second-order valence-electron chi connectivity index (χ2n) is 6.99. The first kappa shape index (κ1) is 22.4. The largest absolute Gasteiger partial charge is 0.490 e. The average molecular weight is 467 g/mol. The fourth-order valence-corrected chi connectivity index (χ4v) is 3.42. The highest BCUT2D eigenvalue weighted by Gasteiger charge is 2.14. The van der Waals surface area contributed by atoms with Gasteiger partial charge in [0.25, 0.3) is 0 Å². The summed E-state index contributed by atoms with van der Waals surface area (Å²) < 4.78 is 30.8. The van der Waals surface area contributed by atoms with Crippen molar-refractivity contribution in [2.45, 2.75) is 13.5 Å². The third-order valence-corrected chi connectivity index (χ3v) is 4.97. The van der Waals surface area contributed by atoms with Crippen molar-refractivity contribution < 1.29 is 23.1 Å². The number of benzene rings is 3. The Morgan fingerprint density at radius 3 is 2.70 bits per heavy atom. The molecule has 4 aromatic rings. The molecule has 33 heavy (non-hydrogen) atoms. The minimum atomic E-state index is -0.483. The highest BCUT2D eigenvalue weighted by molar-refractivity contribution is 6.32. The molecule has 0 fully saturated rings. The summed E-state index contributed by atoms with van der Waals surface area (Å²) in [7, 11) is 0. The van der Waals surface area contributed by atoms with Gasteiger partial charge in [-0.2, -0.15) is 5.10 Å².